The maximum absolute atomic E-state index is 12.4. The first-order valence-corrected chi connectivity index (χ1v) is 15.2. The molecule has 2 aliphatic heterocycles. The Labute approximate surface area is 236 Å². The molecule has 6 aliphatic rings. The van der Waals surface area contributed by atoms with Crippen LogP contribution in [0.15, 0.2) is 11.6 Å². The molecule has 0 bridgehead atoms. The van der Waals surface area contributed by atoms with E-state index in [9.17, 15) is 30.3 Å². The van der Waals surface area contributed by atoms with Gasteiger partial charge in [-0.05, 0) is 92.4 Å². The van der Waals surface area contributed by atoms with Crippen molar-refractivity contribution in [2.75, 3.05) is 20.3 Å². The maximum Gasteiger partial charge on any atom is 0.331 e. The van der Waals surface area contributed by atoms with E-state index >= 15 is 0 Å². The first-order valence-electron chi connectivity index (χ1n) is 15.2. The Morgan fingerprint density at radius 1 is 1.00 bits per heavy atom. The minimum atomic E-state index is -1.45. The normalized spacial score (nSPS) is 52.5. The van der Waals surface area contributed by atoms with Crippen LogP contribution in [0.5, 0.6) is 0 Å². The number of rotatable bonds is 5. The summed E-state index contributed by atoms with van der Waals surface area (Å²) < 4.78 is 11.1. The molecule has 40 heavy (non-hydrogen) atoms. The summed E-state index contributed by atoms with van der Waals surface area (Å²) in [5.41, 5.74) is 0.0988. The highest BCUT2D eigenvalue weighted by atomic mass is 16.7. The predicted molar refractivity (Wildman–Crippen MR) is 142 cm³/mol. The number of carbonyl (C=O) groups is 1. The highest BCUT2D eigenvalue weighted by Crippen LogP contribution is 2.70. The monoisotopic (exact) mass is 565 g/mol. The quantitative estimate of drug-likeness (QED) is 0.244. The molecule has 2 heterocycles. The fraction of sp³-hybridized carbons (Fsp3) is 0.900. The van der Waals surface area contributed by atoms with Gasteiger partial charge in [0.15, 0.2) is 6.23 Å². The fourth-order valence-corrected chi connectivity index (χ4v) is 10.4. The van der Waals surface area contributed by atoms with Crippen molar-refractivity contribution in [1.29, 1.82) is 0 Å². The van der Waals surface area contributed by atoms with E-state index in [1.807, 2.05) is 0 Å². The average molecular weight is 566 g/mol. The number of hydroxylamine groups is 2. The number of ether oxygens (including phenoxy) is 2. The van der Waals surface area contributed by atoms with E-state index in [0.29, 0.717) is 18.4 Å². The number of hydrogen-bond donors (Lipinski definition) is 5. The van der Waals surface area contributed by atoms with E-state index in [4.69, 9.17) is 14.3 Å². The van der Waals surface area contributed by atoms with Crippen LogP contribution in [0.3, 0.4) is 0 Å². The molecule has 10 heteroatoms. The highest BCUT2D eigenvalue weighted by molar-refractivity contribution is 5.85. The lowest BCUT2D eigenvalue weighted by molar-refractivity contribution is -0.344. The van der Waals surface area contributed by atoms with Crippen LogP contribution < -0.4 is 0 Å². The first kappa shape index (κ1) is 29.0. The van der Waals surface area contributed by atoms with E-state index in [-0.39, 0.29) is 34.7 Å². The summed E-state index contributed by atoms with van der Waals surface area (Å²) in [6.45, 7) is 4.53. The summed E-state index contributed by atoms with van der Waals surface area (Å²) in [4.78, 5) is 17.6. The van der Waals surface area contributed by atoms with Gasteiger partial charge in [-0.25, -0.2) is 4.79 Å². The summed E-state index contributed by atoms with van der Waals surface area (Å²) in [5.74, 6) is 0.949. The summed E-state index contributed by atoms with van der Waals surface area (Å²) in [6, 6.07) is -0.0549. The highest BCUT2D eigenvalue weighted by Gasteiger charge is 2.68. The minimum absolute atomic E-state index is 0.0549. The van der Waals surface area contributed by atoms with Gasteiger partial charge in [0.2, 0.25) is 0 Å². The van der Waals surface area contributed by atoms with Crippen LogP contribution >= 0.6 is 0 Å². The van der Waals surface area contributed by atoms with Gasteiger partial charge in [0.1, 0.15) is 31.0 Å². The fourth-order valence-electron chi connectivity index (χ4n) is 10.4. The number of nitrogens with zero attached hydrogens (tertiary/aromatic N) is 1. The van der Waals surface area contributed by atoms with Crippen LogP contribution in [0.4, 0.5) is 0 Å². The standard InChI is InChI=1S/C30H47NO9/c1-28-9-6-18(31(38-3)27-26(36)25(35)24(34)22(14-32)40-27)13-17(28)4-5-21-20(28)7-10-29(2)19(8-11-30(21,29)37)16-12-23(33)39-15-16/h12,17-22,24-27,32,34-37H,4-11,13-15H2,1-3H3/t17?,18-,19+,20?,21?,22-,24-,25+,26+,27?,28-,29+,30-/m0/s1. The van der Waals surface area contributed by atoms with Crippen molar-refractivity contribution < 1.29 is 44.6 Å². The molecule has 0 aromatic rings. The third-order valence-electron chi connectivity index (χ3n) is 12.6. The zero-order valence-electron chi connectivity index (χ0n) is 23.9. The van der Waals surface area contributed by atoms with E-state index in [1.54, 1.807) is 11.1 Å². The number of cyclic esters (lactones) is 1. The van der Waals surface area contributed by atoms with Crippen molar-refractivity contribution in [1.82, 2.24) is 5.06 Å². The SMILES string of the molecule is CON(C1O[C@@H](CO)[C@H](O)[C@@H](O)[C@H]1O)[C@H]1CC[C@@]2(C)C(CCC3C2CC[C@]2(C)[C@@H](C4=CC(=O)OC4)CC[C@]32O)C1. The van der Waals surface area contributed by atoms with E-state index in [2.05, 4.69) is 13.8 Å². The molecule has 4 saturated carbocycles. The largest absolute Gasteiger partial charge is 0.458 e. The summed E-state index contributed by atoms with van der Waals surface area (Å²) in [5, 5.41) is 55.1. The van der Waals surface area contributed by atoms with Crippen molar-refractivity contribution in [3.05, 3.63) is 11.6 Å². The molecule has 0 amide bonds. The van der Waals surface area contributed by atoms with Crippen molar-refractivity contribution in [3.8, 4) is 0 Å². The van der Waals surface area contributed by atoms with Gasteiger partial charge >= 0.3 is 5.97 Å². The Balaban J connectivity index is 1.19. The number of aliphatic hydroxyl groups is 5. The van der Waals surface area contributed by atoms with Crippen LogP contribution in [0.1, 0.15) is 71.6 Å². The Morgan fingerprint density at radius 2 is 1.77 bits per heavy atom. The molecular formula is C30H47NO9. The minimum Gasteiger partial charge on any atom is -0.458 e. The van der Waals surface area contributed by atoms with Crippen molar-refractivity contribution >= 4 is 5.97 Å². The Morgan fingerprint density at radius 3 is 2.45 bits per heavy atom. The lowest BCUT2D eigenvalue weighted by Crippen LogP contribution is -2.66. The van der Waals surface area contributed by atoms with Gasteiger partial charge in [0.05, 0.1) is 19.3 Å². The molecule has 0 spiro atoms. The lowest BCUT2D eigenvalue weighted by Gasteiger charge is -2.64. The van der Waals surface area contributed by atoms with Crippen LogP contribution in [0.25, 0.3) is 0 Å². The molecule has 13 atom stereocenters. The molecule has 4 unspecified atom stereocenters. The molecule has 10 nitrogen and oxygen atoms in total. The lowest BCUT2D eigenvalue weighted by atomic mass is 9.43. The Kier molecular flexibility index (Phi) is 7.43. The Bertz CT molecular complexity index is 1020. The summed E-state index contributed by atoms with van der Waals surface area (Å²) in [6.07, 6.45) is 3.63. The number of fused-ring (bicyclic) bond motifs is 5. The smallest absolute Gasteiger partial charge is 0.331 e. The summed E-state index contributed by atoms with van der Waals surface area (Å²) >= 11 is 0. The molecule has 5 fully saturated rings. The van der Waals surface area contributed by atoms with Crippen LogP contribution in [-0.2, 0) is 19.1 Å². The van der Waals surface area contributed by atoms with Crippen molar-refractivity contribution in [2.24, 2.45) is 34.5 Å². The molecule has 6 rings (SSSR count). The van der Waals surface area contributed by atoms with Gasteiger partial charge < -0.3 is 35.0 Å². The topological polar surface area (TPSA) is 149 Å². The van der Waals surface area contributed by atoms with Gasteiger partial charge in [-0.2, -0.15) is 5.06 Å². The third-order valence-corrected chi connectivity index (χ3v) is 12.6. The second kappa shape index (κ2) is 10.3. The van der Waals surface area contributed by atoms with E-state index < -0.39 is 42.9 Å². The summed E-state index contributed by atoms with van der Waals surface area (Å²) in [7, 11) is 1.53. The molecule has 4 aliphatic carbocycles. The van der Waals surface area contributed by atoms with E-state index in [0.717, 1.165) is 63.4 Å². The second-order valence-corrected chi connectivity index (χ2v) is 14.0. The van der Waals surface area contributed by atoms with Crippen LogP contribution in [0, 0.1) is 34.5 Å². The molecule has 226 valence electrons. The van der Waals surface area contributed by atoms with Crippen LogP contribution in [-0.4, -0.2) is 99.2 Å². The van der Waals surface area contributed by atoms with Crippen molar-refractivity contribution in [2.45, 2.75) is 114 Å². The number of esters is 1. The predicted octanol–water partition coefficient (Wildman–Crippen LogP) is 1.28. The first-order chi connectivity index (χ1) is 19.0. The molecule has 0 radical (unpaired) electrons. The zero-order chi connectivity index (χ0) is 28.6. The van der Waals surface area contributed by atoms with Gasteiger partial charge in [0.25, 0.3) is 0 Å². The van der Waals surface area contributed by atoms with Gasteiger partial charge in [-0.1, -0.05) is 13.8 Å². The third kappa shape index (κ3) is 4.08. The van der Waals surface area contributed by atoms with Gasteiger partial charge in [0, 0.05) is 17.5 Å². The molecule has 0 aromatic carbocycles. The second-order valence-electron chi connectivity index (χ2n) is 14.0. The number of aliphatic hydroxyl groups excluding tert-OH is 4. The molecule has 5 N–H and O–H groups in total. The average Bonchev–Trinajstić information content (AvgIpc) is 3.48. The van der Waals surface area contributed by atoms with Crippen molar-refractivity contribution in [3.63, 3.8) is 0 Å². The van der Waals surface area contributed by atoms with Gasteiger partial charge in [-0.15, -0.1) is 0 Å². The Hall–Kier alpha value is -1.11. The number of carbonyl (C=O) groups excluding carboxylic acids is 1. The molecular weight excluding hydrogens is 518 g/mol. The zero-order valence-corrected chi connectivity index (χ0v) is 23.9. The maximum atomic E-state index is 12.4. The molecule has 1 saturated heterocycles. The van der Waals surface area contributed by atoms with Gasteiger partial charge in [-0.3, -0.25) is 4.84 Å². The van der Waals surface area contributed by atoms with Crippen LogP contribution in [0.2, 0.25) is 0 Å². The molecule has 0 aromatic heterocycles. The van der Waals surface area contributed by atoms with E-state index in [1.165, 1.54) is 7.11 Å². The number of hydrogen-bond acceptors (Lipinski definition) is 10.